The van der Waals surface area contributed by atoms with Gasteiger partial charge < -0.3 is 9.80 Å². The van der Waals surface area contributed by atoms with Gasteiger partial charge in [-0.05, 0) is 30.5 Å². The van der Waals surface area contributed by atoms with Crippen LogP contribution in [-0.2, 0) is 22.6 Å². The van der Waals surface area contributed by atoms with E-state index < -0.39 is 0 Å². The summed E-state index contributed by atoms with van der Waals surface area (Å²) >= 11 is 1.66. The number of carbonyl (C=O) groups is 2. The Morgan fingerprint density at radius 2 is 2.04 bits per heavy atom. The Hall–Kier alpha value is -2.47. The average molecular weight is 369 g/mol. The van der Waals surface area contributed by atoms with E-state index >= 15 is 0 Å². The van der Waals surface area contributed by atoms with Crippen molar-refractivity contribution < 1.29 is 9.59 Å². The van der Waals surface area contributed by atoms with E-state index in [2.05, 4.69) is 11.6 Å². The highest BCUT2D eigenvalue weighted by Crippen LogP contribution is 2.41. The Balaban J connectivity index is 1.88. The normalized spacial score (nSPS) is 13.3. The van der Waals surface area contributed by atoms with Crippen molar-refractivity contribution in [3.05, 3.63) is 58.6 Å². The van der Waals surface area contributed by atoms with Gasteiger partial charge >= 0.3 is 0 Å². The van der Waals surface area contributed by atoms with E-state index in [4.69, 9.17) is 0 Å². The molecule has 3 rings (SSSR count). The molecular weight excluding hydrogens is 346 g/mol. The van der Waals surface area contributed by atoms with Gasteiger partial charge in [-0.3, -0.25) is 9.59 Å². The van der Waals surface area contributed by atoms with Crippen LogP contribution >= 0.6 is 11.3 Å². The van der Waals surface area contributed by atoms with E-state index in [1.54, 1.807) is 35.2 Å². The molecule has 0 radical (unpaired) electrons. The molecule has 2 aromatic rings. The monoisotopic (exact) mass is 369 g/mol. The molecule has 26 heavy (non-hydrogen) atoms. The molecular formula is C20H23N3O2S. The number of likely N-dealkylation sites (N-methyl/N-ethyl adjacent to an activating group) is 1. The maximum absolute atomic E-state index is 12.5. The highest BCUT2D eigenvalue weighted by Gasteiger charge is 2.27. The minimum Gasteiger partial charge on any atom is -0.349 e. The smallest absolute Gasteiger partial charge is 0.250 e. The minimum absolute atomic E-state index is 0.00636. The fourth-order valence-electron chi connectivity index (χ4n) is 2.71. The number of hydrogen-bond donors (Lipinski definition) is 0. The molecule has 1 aliphatic carbocycles. The van der Waals surface area contributed by atoms with Crippen molar-refractivity contribution in [2.45, 2.75) is 31.7 Å². The number of hydrogen-bond acceptors (Lipinski definition) is 4. The number of benzene rings is 1. The number of para-hydroxylation sites is 1. The zero-order chi connectivity index (χ0) is 18.7. The molecule has 0 N–H and O–H groups in total. The fourth-order valence-corrected chi connectivity index (χ4v) is 3.69. The number of thiazole rings is 1. The third-order valence-electron chi connectivity index (χ3n) is 4.38. The summed E-state index contributed by atoms with van der Waals surface area (Å²) in [5, 5.41) is 3.17. The van der Waals surface area contributed by atoms with Crippen molar-refractivity contribution in [2.24, 2.45) is 0 Å². The van der Waals surface area contributed by atoms with Crippen molar-refractivity contribution in [1.29, 1.82) is 0 Å². The number of nitrogens with zero attached hydrogens (tertiary/aromatic N) is 3. The fraction of sp³-hybridized carbons (Fsp3) is 0.350. The minimum atomic E-state index is -0.198. The van der Waals surface area contributed by atoms with Gasteiger partial charge in [-0.2, -0.15) is 0 Å². The topological polar surface area (TPSA) is 53.5 Å². The van der Waals surface area contributed by atoms with Gasteiger partial charge in [0.25, 0.3) is 5.91 Å². The van der Waals surface area contributed by atoms with Crippen LogP contribution in [0.4, 0.5) is 5.69 Å². The Morgan fingerprint density at radius 1 is 1.31 bits per heavy atom. The van der Waals surface area contributed by atoms with E-state index in [1.165, 1.54) is 18.9 Å². The summed E-state index contributed by atoms with van der Waals surface area (Å²) in [5.74, 6) is 0.395. The van der Waals surface area contributed by atoms with Gasteiger partial charge in [-0.15, -0.1) is 11.3 Å². The van der Waals surface area contributed by atoms with Crippen molar-refractivity contribution >= 4 is 28.8 Å². The van der Waals surface area contributed by atoms with E-state index in [1.807, 2.05) is 29.6 Å². The first-order chi connectivity index (χ1) is 12.5. The molecule has 5 nitrogen and oxygen atoms in total. The van der Waals surface area contributed by atoms with E-state index in [0.717, 1.165) is 22.0 Å². The molecule has 0 unspecified atom stereocenters. The van der Waals surface area contributed by atoms with Crippen LogP contribution in [0.3, 0.4) is 0 Å². The van der Waals surface area contributed by atoms with Crippen LogP contribution in [0.2, 0.25) is 0 Å². The van der Waals surface area contributed by atoms with Crippen LogP contribution in [0, 0.1) is 0 Å². The molecule has 1 saturated carbocycles. The molecule has 136 valence electrons. The second kappa shape index (κ2) is 7.83. The Morgan fingerprint density at radius 3 is 2.69 bits per heavy atom. The van der Waals surface area contributed by atoms with Crippen molar-refractivity contribution in [3.8, 4) is 0 Å². The highest BCUT2D eigenvalue weighted by molar-refractivity contribution is 7.09. The molecule has 1 aliphatic rings. The van der Waals surface area contributed by atoms with Crippen LogP contribution in [0.25, 0.3) is 0 Å². The summed E-state index contributed by atoms with van der Waals surface area (Å²) in [7, 11) is 3.46. The van der Waals surface area contributed by atoms with Gasteiger partial charge in [0.1, 0.15) is 0 Å². The third kappa shape index (κ3) is 4.19. The van der Waals surface area contributed by atoms with Crippen molar-refractivity contribution in [2.75, 3.05) is 19.0 Å². The molecule has 6 heteroatoms. The lowest BCUT2D eigenvalue weighted by Crippen LogP contribution is -2.31. The number of anilines is 1. The lowest BCUT2D eigenvalue weighted by Gasteiger charge is -2.24. The summed E-state index contributed by atoms with van der Waals surface area (Å²) in [4.78, 5) is 32.6. The Bertz CT molecular complexity index is 824. The van der Waals surface area contributed by atoms with E-state index in [0.29, 0.717) is 12.5 Å². The van der Waals surface area contributed by atoms with Crippen molar-refractivity contribution in [3.63, 3.8) is 0 Å². The predicted octanol–water partition coefficient (Wildman–Crippen LogP) is 3.37. The number of aromatic nitrogens is 1. The zero-order valence-electron chi connectivity index (χ0n) is 15.1. The van der Waals surface area contributed by atoms with E-state index in [-0.39, 0.29) is 18.2 Å². The van der Waals surface area contributed by atoms with Gasteiger partial charge in [-0.1, -0.05) is 24.8 Å². The zero-order valence-corrected chi connectivity index (χ0v) is 16.0. The van der Waals surface area contributed by atoms with Crippen LogP contribution in [-0.4, -0.2) is 35.8 Å². The van der Waals surface area contributed by atoms with Crippen LogP contribution in [0.15, 0.2) is 42.3 Å². The summed E-state index contributed by atoms with van der Waals surface area (Å²) in [6, 6.07) is 7.51. The molecule has 1 fully saturated rings. The third-order valence-corrected chi connectivity index (χ3v) is 5.44. The molecule has 0 spiro atoms. The van der Waals surface area contributed by atoms with Crippen LogP contribution in [0.1, 0.15) is 35.0 Å². The SMILES string of the molecule is C=CC(=O)N(Cc1csc(C2CC2)n1)c1ccccc1CC(=O)N(C)C. The molecule has 1 aromatic carbocycles. The first-order valence-electron chi connectivity index (χ1n) is 8.66. The van der Waals surface area contributed by atoms with Crippen molar-refractivity contribution in [1.82, 2.24) is 9.88 Å². The maximum atomic E-state index is 12.5. The lowest BCUT2D eigenvalue weighted by atomic mass is 10.1. The summed E-state index contributed by atoms with van der Waals surface area (Å²) < 4.78 is 0. The molecule has 0 aliphatic heterocycles. The second-order valence-corrected chi connectivity index (χ2v) is 7.56. The molecule has 0 saturated heterocycles. The lowest BCUT2D eigenvalue weighted by molar-refractivity contribution is -0.128. The first kappa shape index (κ1) is 18.3. The van der Waals surface area contributed by atoms with Crippen LogP contribution in [0.5, 0.6) is 0 Å². The number of amides is 2. The Labute approximate surface area is 158 Å². The Kier molecular flexibility index (Phi) is 5.52. The maximum Gasteiger partial charge on any atom is 0.250 e. The molecule has 0 atom stereocenters. The quantitative estimate of drug-likeness (QED) is 0.703. The van der Waals surface area contributed by atoms with Gasteiger partial charge in [-0.25, -0.2) is 4.98 Å². The van der Waals surface area contributed by atoms with E-state index in [9.17, 15) is 9.59 Å². The van der Waals surface area contributed by atoms with Gasteiger partial charge in [0.05, 0.1) is 23.7 Å². The predicted molar refractivity (Wildman–Crippen MR) is 104 cm³/mol. The average Bonchev–Trinajstić information content (AvgIpc) is 3.38. The molecule has 1 heterocycles. The molecule has 1 aromatic heterocycles. The highest BCUT2D eigenvalue weighted by atomic mass is 32.1. The van der Waals surface area contributed by atoms with Gasteiger partial charge in [0.15, 0.2) is 0 Å². The molecule has 2 amide bonds. The summed E-state index contributed by atoms with van der Waals surface area (Å²) in [6.45, 7) is 4.00. The second-order valence-electron chi connectivity index (χ2n) is 6.67. The number of carbonyl (C=O) groups excluding carboxylic acids is 2. The standard InChI is InChI=1S/C20H23N3O2S/c1-4-18(24)23(12-16-13-26-20(21-16)14-9-10-14)17-8-6-5-7-15(17)11-19(25)22(2)3/h4-8,13-14H,1,9-12H2,2-3H3. The summed E-state index contributed by atoms with van der Waals surface area (Å²) in [5.41, 5.74) is 2.42. The van der Waals surface area contributed by atoms with Crippen LogP contribution < -0.4 is 4.90 Å². The largest absolute Gasteiger partial charge is 0.349 e. The number of rotatable bonds is 7. The first-order valence-corrected chi connectivity index (χ1v) is 9.54. The van der Waals surface area contributed by atoms with Gasteiger partial charge in [0, 0.05) is 31.1 Å². The van der Waals surface area contributed by atoms with Gasteiger partial charge in [0.2, 0.25) is 5.91 Å². The molecule has 0 bridgehead atoms. The summed E-state index contributed by atoms with van der Waals surface area (Å²) in [6.07, 6.45) is 3.96.